The zero-order valence-corrected chi connectivity index (χ0v) is 15.5. The van der Waals surface area contributed by atoms with Crippen molar-refractivity contribution in [2.75, 3.05) is 11.4 Å². The molecule has 5 rings (SSSR count). The molecule has 1 N–H and O–H groups in total. The van der Waals surface area contributed by atoms with Crippen LogP contribution in [0.5, 0.6) is 0 Å². The molecule has 3 aromatic rings. The molecule has 1 atom stereocenters. The lowest BCUT2D eigenvalue weighted by molar-refractivity contribution is -0.127. The lowest BCUT2D eigenvalue weighted by Gasteiger charge is -2.15. The van der Waals surface area contributed by atoms with Crippen molar-refractivity contribution in [2.45, 2.75) is 37.8 Å². The van der Waals surface area contributed by atoms with E-state index in [1.54, 1.807) is 0 Å². The molecule has 2 aromatic carbocycles. The van der Waals surface area contributed by atoms with Gasteiger partial charge < -0.3 is 5.32 Å². The number of anilines is 1. The van der Waals surface area contributed by atoms with Gasteiger partial charge in [0.2, 0.25) is 11.9 Å². The third-order valence-corrected chi connectivity index (χ3v) is 5.50. The lowest BCUT2D eigenvalue weighted by atomic mass is 10.1. The zero-order valence-electron chi connectivity index (χ0n) is 15.5. The van der Waals surface area contributed by atoms with Crippen molar-refractivity contribution in [1.29, 1.82) is 0 Å². The van der Waals surface area contributed by atoms with E-state index in [0.29, 0.717) is 12.5 Å². The summed E-state index contributed by atoms with van der Waals surface area (Å²) in [6, 6.07) is 17.6. The maximum atomic E-state index is 13.1. The predicted molar refractivity (Wildman–Crippen MR) is 107 cm³/mol. The fraction of sp³-hybridized carbons (Fsp3) is 0.318. The largest absolute Gasteiger partial charge is 0.356 e. The van der Waals surface area contributed by atoms with Crippen LogP contribution in [0.15, 0.2) is 54.6 Å². The summed E-state index contributed by atoms with van der Waals surface area (Å²) in [5.41, 5.74) is 2.96. The van der Waals surface area contributed by atoms with Crippen LogP contribution in [0.25, 0.3) is 11.0 Å². The minimum atomic E-state index is -0.514. The summed E-state index contributed by atoms with van der Waals surface area (Å²) in [6.45, 7) is 0.563. The molecular weight excluding hydrogens is 352 g/mol. The molecule has 0 unspecified atom stereocenters. The molecule has 0 bridgehead atoms. The molecule has 6 heteroatoms. The molecule has 2 aliphatic rings. The second-order valence-electron chi connectivity index (χ2n) is 7.52. The molecule has 1 aromatic heterocycles. The second-order valence-corrected chi connectivity index (χ2v) is 7.52. The van der Waals surface area contributed by atoms with Crippen LogP contribution in [0, 0.1) is 0 Å². The Labute approximate surface area is 163 Å². The summed E-state index contributed by atoms with van der Waals surface area (Å²) in [5, 5.41) is 2.97. The van der Waals surface area contributed by atoms with E-state index < -0.39 is 6.04 Å². The van der Waals surface area contributed by atoms with Gasteiger partial charge in [0, 0.05) is 12.6 Å². The standard InChI is InChI=1S/C22H22N4O2/c27-20(23-13-12-15-6-2-1-3-7-15)14-19-21(28)25(16-10-11-16)22-24-17-8-4-5-9-18(17)26(19)22/h1-9,16,19H,10-14H2,(H,23,27)/t19-/m1/s1. The first kappa shape index (κ1) is 17.0. The molecule has 0 saturated heterocycles. The molecule has 0 radical (unpaired) electrons. The van der Waals surface area contributed by atoms with E-state index in [2.05, 4.69) is 10.3 Å². The minimum absolute atomic E-state index is 0.00559. The van der Waals surface area contributed by atoms with Gasteiger partial charge in [0.15, 0.2) is 0 Å². The Morgan fingerprint density at radius 2 is 1.82 bits per heavy atom. The fourth-order valence-corrected chi connectivity index (χ4v) is 3.97. The average Bonchev–Trinajstić information content (AvgIpc) is 3.41. The fourth-order valence-electron chi connectivity index (χ4n) is 3.97. The maximum Gasteiger partial charge on any atom is 0.253 e. The van der Waals surface area contributed by atoms with E-state index in [1.807, 2.05) is 64.1 Å². The number of fused-ring (bicyclic) bond motifs is 3. The van der Waals surface area contributed by atoms with E-state index in [4.69, 9.17) is 0 Å². The summed E-state index contributed by atoms with van der Waals surface area (Å²) >= 11 is 0. The highest BCUT2D eigenvalue weighted by Crippen LogP contribution is 2.42. The number of carbonyl (C=O) groups is 2. The Balaban J connectivity index is 1.33. The van der Waals surface area contributed by atoms with Crippen molar-refractivity contribution in [2.24, 2.45) is 0 Å². The van der Waals surface area contributed by atoms with E-state index >= 15 is 0 Å². The van der Waals surface area contributed by atoms with Gasteiger partial charge >= 0.3 is 0 Å². The molecule has 28 heavy (non-hydrogen) atoms. The monoisotopic (exact) mass is 374 g/mol. The molecule has 6 nitrogen and oxygen atoms in total. The average molecular weight is 374 g/mol. The van der Waals surface area contributed by atoms with Gasteiger partial charge in [-0.15, -0.1) is 0 Å². The van der Waals surface area contributed by atoms with Gasteiger partial charge in [0.05, 0.1) is 17.5 Å². The summed E-state index contributed by atoms with van der Waals surface area (Å²) in [4.78, 5) is 32.1. The number of benzene rings is 2. The van der Waals surface area contributed by atoms with Gasteiger partial charge in [-0.1, -0.05) is 42.5 Å². The SMILES string of the molecule is O=C(C[C@@H]1C(=O)N(C2CC2)c2nc3ccccc3n21)NCCc1ccccc1. The number of hydrogen-bond acceptors (Lipinski definition) is 3. The third-order valence-electron chi connectivity index (χ3n) is 5.50. The highest BCUT2D eigenvalue weighted by Gasteiger charge is 2.47. The Morgan fingerprint density at radius 3 is 2.61 bits per heavy atom. The summed E-state index contributed by atoms with van der Waals surface area (Å²) in [7, 11) is 0. The van der Waals surface area contributed by atoms with Gasteiger partial charge in [-0.05, 0) is 37.0 Å². The quantitative estimate of drug-likeness (QED) is 0.721. The molecule has 2 amide bonds. The third kappa shape index (κ3) is 2.95. The smallest absolute Gasteiger partial charge is 0.253 e. The molecular formula is C22H22N4O2. The van der Waals surface area contributed by atoms with E-state index in [0.717, 1.165) is 30.3 Å². The molecule has 142 valence electrons. The van der Waals surface area contributed by atoms with Crippen LogP contribution >= 0.6 is 0 Å². The normalized spacial score (nSPS) is 18.5. The van der Waals surface area contributed by atoms with Crippen LogP contribution in [0.1, 0.15) is 30.9 Å². The number of para-hydroxylation sites is 2. The van der Waals surface area contributed by atoms with Crippen molar-refractivity contribution in [1.82, 2.24) is 14.9 Å². The summed E-state index contributed by atoms with van der Waals surface area (Å²) in [5.74, 6) is 0.584. The van der Waals surface area contributed by atoms with E-state index in [1.165, 1.54) is 5.56 Å². The van der Waals surface area contributed by atoms with Crippen LogP contribution < -0.4 is 10.2 Å². The Bertz CT molecular complexity index is 1040. The molecule has 1 aliphatic heterocycles. The Kier molecular flexibility index (Phi) is 4.11. The van der Waals surface area contributed by atoms with Gasteiger partial charge in [-0.3, -0.25) is 19.1 Å². The number of amides is 2. The lowest BCUT2D eigenvalue weighted by Crippen LogP contribution is -2.34. The van der Waals surface area contributed by atoms with Gasteiger partial charge in [-0.25, -0.2) is 4.98 Å². The van der Waals surface area contributed by atoms with Crippen molar-refractivity contribution in [3.63, 3.8) is 0 Å². The van der Waals surface area contributed by atoms with Gasteiger partial charge in [-0.2, -0.15) is 0 Å². The number of carbonyl (C=O) groups excluding carboxylic acids is 2. The van der Waals surface area contributed by atoms with Crippen molar-refractivity contribution in [3.05, 3.63) is 60.2 Å². The number of nitrogens with one attached hydrogen (secondary N) is 1. The number of aromatic nitrogens is 2. The molecule has 1 fully saturated rings. The topological polar surface area (TPSA) is 67.2 Å². The first-order valence-corrected chi connectivity index (χ1v) is 9.83. The van der Waals surface area contributed by atoms with Crippen LogP contribution in [0.2, 0.25) is 0 Å². The van der Waals surface area contributed by atoms with Crippen molar-refractivity contribution < 1.29 is 9.59 Å². The second kappa shape index (κ2) is 6.78. The summed E-state index contributed by atoms with van der Waals surface area (Å²) < 4.78 is 1.95. The molecule has 0 spiro atoms. The van der Waals surface area contributed by atoms with Crippen LogP contribution in [0.4, 0.5) is 5.95 Å². The summed E-state index contributed by atoms with van der Waals surface area (Å²) in [6.07, 6.45) is 2.93. The first-order chi connectivity index (χ1) is 13.7. The van der Waals surface area contributed by atoms with Gasteiger partial charge in [0.1, 0.15) is 6.04 Å². The van der Waals surface area contributed by atoms with Crippen molar-refractivity contribution in [3.8, 4) is 0 Å². The highest BCUT2D eigenvalue weighted by molar-refractivity contribution is 6.04. The van der Waals surface area contributed by atoms with Crippen LogP contribution in [0.3, 0.4) is 0 Å². The van der Waals surface area contributed by atoms with Crippen molar-refractivity contribution >= 4 is 28.8 Å². The zero-order chi connectivity index (χ0) is 19.1. The number of hydrogen-bond donors (Lipinski definition) is 1. The predicted octanol–water partition coefficient (Wildman–Crippen LogP) is 2.84. The highest BCUT2D eigenvalue weighted by atomic mass is 16.2. The number of rotatable bonds is 6. The Morgan fingerprint density at radius 1 is 1.07 bits per heavy atom. The van der Waals surface area contributed by atoms with Gasteiger partial charge in [0.25, 0.3) is 5.91 Å². The van der Waals surface area contributed by atoms with E-state index in [-0.39, 0.29) is 24.3 Å². The maximum absolute atomic E-state index is 13.1. The van der Waals surface area contributed by atoms with Crippen LogP contribution in [-0.2, 0) is 16.0 Å². The van der Waals surface area contributed by atoms with E-state index in [9.17, 15) is 9.59 Å². The molecule has 1 aliphatic carbocycles. The van der Waals surface area contributed by atoms with Crippen LogP contribution in [-0.4, -0.2) is 34.0 Å². The molecule has 2 heterocycles. The minimum Gasteiger partial charge on any atom is -0.356 e. The number of nitrogens with zero attached hydrogens (tertiary/aromatic N) is 3. The first-order valence-electron chi connectivity index (χ1n) is 9.83. The molecule has 1 saturated carbocycles. The number of imidazole rings is 1. The Hall–Kier alpha value is -3.15.